The highest BCUT2D eigenvalue weighted by Gasteiger charge is 2.35. The van der Waals surface area contributed by atoms with E-state index in [4.69, 9.17) is 5.11 Å². The van der Waals surface area contributed by atoms with E-state index in [9.17, 15) is 9.59 Å². The zero-order valence-corrected chi connectivity index (χ0v) is 9.24. The zero-order chi connectivity index (χ0) is 11.3. The molecule has 0 saturated carbocycles. The van der Waals surface area contributed by atoms with E-state index in [1.807, 2.05) is 0 Å². The molecular formula is C11H19NO3. The van der Waals surface area contributed by atoms with E-state index in [0.29, 0.717) is 19.4 Å². The third kappa shape index (κ3) is 3.22. The first-order chi connectivity index (χ1) is 7.16. The number of aliphatic carboxylic acids is 1. The average Bonchev–Trinajstić information content (AvgIpc) is 2.55. The van der Waals surface area contributed by atoms with E-state index in [2.05, 4.69) is 6.92 Å². The zero-order valence-electron chi connectivity index (χ0n) is 9.24. The smallest absolute Gasteiger partial charge is 0.326 e. The fourth-order valence-corrected chi connectivity index (χ4v) is 1.98. The first-order valence-corrected chi connectivity index (χ1v) is 5.69. The van der Waals surface area contributed by atoms with Gasteiger partial charge in [0.25, 0.3) is 0 Å². The number of carbonyl (C=O) groups is 2. The topological polar surface area (TPSA) is 57.6 Å². The lowest BCUT2D eigenvalue weighted by Crippen LogP contribution is -2.39. The Morgan fingerprint density at radius 2 is 2.20 bits per heavy atom. The molecule has 0 aromatic rings. The van der Waals surface area contributed by atoms with Crippen LogP contribution in [-0.2, 0) is 9.59 Å². The predicted octanol–water partition coefficient (Wildman–Crippen LogP) is 1.64. The highest BCUT2D eigenvalue weighted by atomic mass is 16.4. The standard InChI is InChI=1S/C11H19NO3/c1-2-3-4-5-8-12-9(11(14)15)6-7-10(12)13/h9H,2-8H2,1H3,(H,14,15)/t9-/m0/s1. The average molecular weight is 213 g/mol. The molecule has 1 heterocycles. The van der Waals surface area contributed by atoms with Gasteiger partial charge in [-0.25, -0.2) is 4.79 Å². The summed E-state index contributed by atoms with van der Waals surface area (Å²) in [6, 6.07) is -0.570. The first kappa shape index (κ1) is 12.0. The van der Waals surface area contributed by atoms with Crippen molar-refractivity contribution in [2.24, 2.45) is 0 Å². The molecule has 1 aliphatic heterocycles. The number of unbranched alkanes of at least 4 members (excludes halogenated alkanes) is 3. The maximum Gasteiger partial charge on any atom is 0.326 e. The summed E-state index contributed by atoms with van der Waals surface area (Å²) in [7, 11) is 0. The highest BCUT2D eigenvalue weighted by molar-refractivity contribution is 5.87. The van der Waals surface area contributed by atoms with Crippen molar-refractivity contribution in [1.82, 2.24) is 4.90 Å². The monoisotopic (exact) mass is 213 g/mol. The summed E-state index contributed by atoms with van der Waals surface area (Å²) in [6.45, 7) is 2.73. The number of carbonyl (C=O) groups excluding carboxylic acids is 1. The molecule has 1 amide bonds. The number of carboxylic acid groups (broad SMARTS) is 1. The highest BCUT2D eigenvalue weighted by Crippen LogP contribution is 2.19. The van der Waals surface area contributed by atoms with Crippen molar-refractivity contribution in [2.75, 3.05) is 6.54 Å². The SMILES string of the molecule is CCCCCCN1C(=O)CC[C@H]1C(=O)O. The van der Waals surface area contributed by atoms with Gasteiger partial charge in [-0.1, -0.05) is 26.2 Å². The van der Waals surface area contributed by atoms with Crippen molar-refractivity contribution in [3.8, 4) is 0 Å². The Kier molecular flexibility index (Phi) is 4.59. The number of amides is 1. The van der Waals surface area contributed by atoms with Gasteiger partial charge in [-0.05, 0) is 12.8 Å². The molecule has 0 aromatic heterocycles. The fourth-order valence-electron chi connectivity index (χ4n) is 1.98. The van der Waals surface area contributed by atoms with Crippen LogP contribution in [0, 0.1) is 0 Å². The van der Waals surface area contributed by atoms with Crippen LogP contribution in [0.2, 0.25) is 0 Å². The second-order valence-electron chi connectivity index (χ2n) is 4.04. The molecule has 1 rings (SSSR count). The number of hydrogen-bond acceptors (Lipinski definition) is 2. The molecule has 0 bridgehead atoms. The maximum atomic E-state index is 11.4. The van der Waals surface area contributed by atoms with Crippen molar-refractivity contribution < 1.29 is 14.7 Å². The molecule has 1 fully saturated rings. The number of carboxylic acids is 1. The molecular weight excluding hydrogens is 194 g/mol. The summed E-state index contributed by atoms with van der Waals surface area (Å²) in [5, 5.41) is 8.91. The Hall–Kier alpha value is -1.06. The second kappa shape index (κ2) is 5.73. The van der Waals surface area contributed by atoms with Crippen LogP contribution < -0.4 is 0 Å². The molecule has 4 heteroatoms. The van der Waals surface area contributed by atoms with Gasteiger partial charge in [0.05, 0.1) is 0 Å². The molecule has 1 aliphatic rings. The molecule has 15 heavy (non-hydrogen) atoms. The normalized spacial score (nSPS) is 21.0. The third-order valence-electron chi connectivity index (χ3n) is 2.87. The summed E-state index contributed by atoms with van der Waals surface area (Å²) in [5.41, 5.74) is 0. The minimum atomic E-state index is -0.864. The van der Waals surface area contributed by atoms with Crippen molar-refractivity contribution in [3.63, 3.8) is 0 Å². The molecule has 1 saturated heterocycles. The molecule has 0 radical (unpaired) electrons. The van der Waals surface area contributed by atoms with Crippen LogP contribution in [0.1, 0.15) is 45.4 Å². The van der Waals surface area contributed by atoms with Crippen LogP contribution >= 0.6 is 0 Å². The van der Waals surface area contributed by atoms with Crippen LogP contribution in [0.4, 0.5) is 0 Å². The molecule has 0 aromatic carbocycles. The summed E-state index contributed by atoms with van der Waals surface area (Å²) in [6.07, 6.45) is 5.17. The second-order valence-corrected chi connectivity index (χ2v) is 4.04. The minimum absolute atomic E-state index is 0.00102. The van der Waals surface area contributed by atoms with E-state index in [-0.39, 0.29) is 5.91 Å². The van der Waals surface area contributed by atoms with Crippen molar-refractivity contribution >= 4 is 11.9 Å². The Morgan fingerprint density at radius 1 is 1.47 bits per heavy atom. The number of rotatable bonds is 6. The largest absolute Gasteiger partial charge is 0.480 e. The van der Waals surface area contributed by atoms with Crippen molar-refractivity contribution in [2.45, 2.75) is 51.5 Å². The van der Waals surface area contributed by atoms with E-state index < -0.39 is 12.0 Å². The van der Waals surface area contributed by atoms with E-state index in [0.717, 1.165) is 25.7 Å². The number of nitrogens with zero attached hydrogens (tertiary/aromatic N) is 1. The van der Waals surface area contributed by atoms with E-state index in [1.54, 1.807) is 0 Å². The van der Waals surface area contributed by atoms with Gasteiger partial charge in [0.1, 0.15) is 6.04 Å². The summed E-state index contributed by atoms with van der Waals surface area (Å²) < 4.78 is 0. The van der Waals surface area contributed by atoms with Gasteiger partial charge in [0, 0.05) is 13.0 Å². The fraction of sp³-hybridized carbons (Fsp3) is 0.818. The van der Waals surface area contributed by atoms with Gasteiger partial charge < -0.3 is 10.0 Å². The molecule has 0 unspecified atom stereocenters. The lowest BCUT2D eigenvalue weighted by atomic mass is 10.2. The predicted molar refractivity (Wildman–Crippen MR) is 56.5 cm³/mol. The quantitative estimate of drug-likeness (QED) is 0.682. The summed E-state index contributed by atoms with van der Waals surface area (Å²) in [4.78, 5) is 23.8. The molecule has 1 N–H and O–H groups in total. The van der Waals surface area contributed by atoms with Gasteiger partial charge in [-0.2, -0.15) is 0 Å². The van der Waals surface area contributed by atoms with Crippen molar-refractivity contribution in [1.29, 1.82) is 0 Å². The molecule has 0 aliphatic carbocycles. The van der Waals surface area contributed by atoms with Gasteiger partial charge in [0.15, 0.2) is 0 Å². The van der Waals surface area contributed by atoms with Gasteiger partial charge >= 0.3 is 5.97 Å². The van der Waals surface area contributed by atoms with Crippen molar-refractivity contribution in [3.05, 3.63) is 0 Å². The number of hydrogen-bond donors (Lipinski definition) is 1. The Bertz CT molecular complexity index is 240. The van der Waals surface area contributed by atoms with Crippen LogP contribution in [0.15, 0.2) is 0 Å². The van der Waals surface area contributed by atoms with Gasteiger partial charge in [0.2, 0.25) is 5.91 Å². The minimum Gasteiger partial charge on any atom is -0.480 e. The van der Waals surface area contributed by atoms with Crippen LogP contribution in [0.3, 0.4) is 0 Å². The van der Waals surface area contributed by atoms with Crippen LogP contribution in [-0.4, -0.2) is 34.5 Å². The Labute approximate surface area is 90.3 Å². The number of likely N-dealkylation sites (tertiary alicyclic amines) is 1. The summed E-state index contributed by atoms with van der Waals surface area (Å²) >= 11 is 0. The van der Waals surface area contributed by atoms with Gasteiger partial charge in [-0.3, -0.25) is 4.79 Å². The lowest BCUT2D eigenvalue weighted by Gasteiger charge is -2.21. The Balaban J connectivity index is 2.36. The van der Waals surface area contributed by atoms with E-state index in [1.165, 1.54) is 4.90 Å². The maximum absolute atomic E-state index is 11.4. The first-order valence-electron chi connectivity index (χ1n) is 5.69. The van der Waals surface area contributed by atoms with Crippen LogP contribution in [0.5, 0.6) is 0 Å². The molecule has 4 nitrogen and oxygen atoms in total. The molecule has 86 valence electrons. The third-order valence-corrected chi connectivity index (χ3v) is 2.87. The van der Waals surface area contributed by atoms with E-state index >= 15 is 0 Å². The Morgan fingerprint density at radius 3 is 2.80 bits per heavy atom. The molecule has 0 spiro atoms. The molecule has 1 atom stereocenters. The summed E-state index contributed by atoms with van der Waals surface area (Å²) in [5.74, 6) is -0.866. The van der Waals surface area contributed by atoms with Crippen LogP contribution in [0.25, 0.3) is 0 Å². The lowest BCUT2D eigenvalue weighted by molar-refractivity contribution is -0.146. The van der Waals surface area contributed by atoms with Gasteiger partial charge in [-0.15, -0.1) is 0 Å².